The van der Waals surface area contributed by atoms with E-state index in [9.17, 15) is 0 Å². The first-order valence-corrected chi connectivity index (χ1v) is 6.19. The molecule has 1 saturated carbocycles. The summed E-state index contributed by atoms with van der Waals surface area (Å²) in [7, 11) is 5.74. The molecule has 1 aliphatic carbocycles. The standard InChI is InChI=1S/C13H21N3O/c1-16(2)11-8-9-14-13(17-3)12(11)15-10-6-4-5-7-10/h8-10,15H,4-7H2,1-3H3. The van der Waals surface area contributed by atoms with Crippen LogP contribution in [0.5, 0.6) is 5.88 Å². The van der Waals surface area contributed by atoms with Crippen molar-refractivity contribution >= 4 is 11.4 Å². The van der Waals surface area contributed by atoms with Gasteiger partial charge in [0.25, 0.3) is 0 Å². The van der Waals surface area contributed by atoms with Crippen LogP contribution in [0, 0.1) is 0 Å². The second kappa shape index (κ2) is 5.25. The third-order valence-corrected chi connectivity index (χ3v) is 3.27. The van der Waals surface area contributed by atoms with Crippen molar-refractivity contribution in [3.63, 3.8) is 0 Å². The van der Waals surface area contributed by atoms with Crippen molar-refractivity contribution in [2.24, 2.45) is 0 Å². The van der Waals surface area contributed by atoms with Gasteiger partial charge in [0.05, 0.1) is 12.8 Å². The van der Waals surface area contributed by atoms with Crippen LogP contribution in [0.3, 0.4) is 0 Å². The lowest BCUT2D eigenvalue weighted by Crippen LogP contribution is -2.19. The lowest BCUT2D eigenvalue weighted by atomic mass is 10.2. The van der Waals surface area contributed by atoms with E-state index in [1.807, 2.05) is 20.2 Å². The molecule has 1 fully saturated rings. The SMILES string of the molecule is COc1nccc(N(C)C)c1NC1CCCC1. The fourth-order valence-corrected chi connectivity index (χ4v) is 2.37. The van der Waals surface area contributed by atoms with E-state index in [4.69, 9.17) is 4.74 Å². The summed E-state index contributed by atoms with van der Waals surface area (Å²) in [6, 6.07) is 2.58. The maximum absolute atomic E-state index is 5.35. The molecule has 1 aromatic rings. The normalized spacial score (nSPS) is 15.9. The fourth-order valence-electron chi connectivity index (χ4n) is 2.37. The van der Waals surface area contributed by atoms with Crippen LogP contribution in [0.15, 0.2) is 12.3 Å². The van der Waals surface area contributed by atoms with Gasteiger partial charge in [0, 0.05) is 26.3 Å². The van der Waals surface area contributed by atoms with E-state index in [0.717, 1.165) is 11.4 Å². The van der Waals surface area contributed by atoms with E-state index in [1.54, 1.807) is 13.3 Å². The number of ether oxygens (including phenoxy) is 1. The second-order valence-corrected chi connectivity index (χ2v) is 4.73. The van der Waals surface area contributed by atoms with E-state index in [-0.39, 0.29) is 0 Å². The molecule has 0 aliphatic heterocycles. The van der Waals surface area contributed by atoms with Crippen molar-refractivity contribution in [1.82, 2.24) is 4.98 Å². The predicted octanol–water partition coefficient (Wildman–Crippen LogP) is 2.51. The molecule has 17 heavy (non-hydrogen) atoms. The number of pyridine rings is 1. The Morgan fingerprint density at radius 2 is 2.06 bits per heavy atom. The molecular weight excluding hydrogens is 214 g/mol. The molecule has 1 aromatic heterocycles. The number of hydrogen-bond donors (Lipinski definition) is 1. The quantitative estimate of drug-likeness (QED) is 0.870. The van der Waals surface area contributed by atoms with E-state index in [2.05, 4.69) is 15.2 Å². The third kappa shape index (κ3) is 2.62. The highest BCUT2D eigenvalue weighted by Gasteiger charge is 2.19. The van der Waals surface area contributed by atoms with E-state index < -0.39 is 0 Å². The molecule has 4 heteroatoms. The Labute approximate surface area is 103 Å². The Bertz CT molecular complexity index is 373. The molecule has 0 radical (unpaired) electrons. The van der Waals surface area contributed by atoms with Crippen molar-refractivity contribution in [2.45, 2.75) is 31.7 Å². The van der Waals surface area contributed by atoms with Crippen molar-refractivity contribution in [3.8, 4) is 5.88 Å². The van der Waals surface area contributed by atoms with Gasteiger partial charge in [-0.15, -0.1) is 0 Å². The van der Waals surface area contributed by atoms with Gasteiger partial charge in [-0.3, -0.25) is 0 Å². The molecule has 0 unspecified atom stereocenters. The molecular formula is C13H21N3O. The minimum absolute atomic E-state index is 0.562. The first kappa shape index (κ1) is 12.0. The van der Waals surface area contributed by atoms with Crippen molar-refractivity contribution < 1.29 is 4.74 Å². The van der Waals surface area contributed by atoms with Crippen LogP contribution in [0.25, 0.3) is 0 Å². The van der Waals surface area contributed by atoms with Crippen molar-refractivity contribution in [3.05, 3.63) is 12.3 Å². The minimum Gasteiger partial charge on any atom is -0.479 e. The average molecular weight is 235 g/mol. The van der Waals surface area contributed by atoms with Crippen LogP contribution in [-0.2, 0) is 0 Å². The lowest BCUT2D eigenvalue weighted by molar-refractivity contribution is 0.399. The molecule has 0 spiro atoms. The molecule has 1 aliphatic rings. The number of rotatable bonds is 4. The lowest BCUT2D eigenvalue weighted by Gasteiger charge is -2.22. The summed E-state index contributed by atoms with van der Waals surface area (Å²) in [5.74, 6) is 0.683. The molecule has 94 valence electrons. The summed E-state index contributed by atoms with van der Waals surface area (Å²) in [5, 5.41) is 3.58. The third-order valence-electron chi connectivity index (χ3n) is 3.27. The molecule has 0 aromatic carbocycles. The van der Waals surface area contributed by atoms with E-state index in [1.165, 1.54) is 25.7 Å². The highest BCUT2D eigenvalue weighted by Crippen LogP contribution is 2.34. The molecule has 0 bridgehead atoms. The Kier molecular flexibility index (Phi) is 3.71. The Balaban J connectivity index is 2.27. The Morgan fingerprint density at radius 1 is 1.35 bits per heavy atom. The molecule has 1 heterocycles. The Morgan fingerprint density at radius 3 is 2.65 bits per heavy atom. The van der Waals surface area contributed by atoms with E-state index in [0.29, 0.717) is 11.9 Å². The van der Waals surface area contributed by atoms with Crippen LogP contribution in [-0.4, -0.2) is 32.2 Å². The zero-order valence-corrected chi connectivity index (χ0v) is 10.9. The van der Waals surface area contributed by atoms with Gasteiger partial charge in [0.2, 0.25) is 5.88 Å². The van der Waals surface area contributed by atoms with Gasteiger partial charge < -0.3 is 15.0 Å². The topological polar surface area (TPSA) is 37.4 Å². The number of hydrogen-bond acceptors (Lipinski definition) is 4. The fraction of sp³-hybridized carbons (Fsp3) is 0.615. The molecule has 0 saturated heterocycles. The number of nitrogens with one attached hydrogen (secondary N) is 1. The zero-order chi connectivity index (χ0) is 12.3. The van der Waals surface area contributed by atoms with Crippen molar-refractivity contribution in [1.29, 1.82) is 0 Å². The smallest absolute Gasteiger partial charge is 0.239 e. The minimum atomic E-state index is 0.562. The van der Waals surface area contributed by atoms with Crippen LogP contribution in [0.1, 0.15) is 25.7 Å². The van der Waals surface area contributed by atoms with Crippen LogP contribution < -0.4 is 15.0 Å². The molecule has 4 nitrogen and oxygen atoms in total. The number of anilines is 2. The van der Waals surface area contributed by atoms with Crippen LogP contribution in [0.2, 0.25) is 0 Å². The monoisotopic (exact) mass is 235 g/mol. The van der Waals surface area contributed by atoms with Gasteiger partial charge in [-0.1, -0.05) is 12.8 Å². The summed E-state index contributed by atoms with van der Waals surface area (Å²) >= 11 is 0. The summed E-state index contributed by atoms with van der Waals surface area (Å²) < 4.78 is 5.35. The molecule has 1 N–H and O–H groups in total. The number of nitrogens with zero attached hydrogens (tertiary/aromatic N) is 2. The first-order chi connectivity index (χ1) is 8.22. The molecule has 0 amide bonds. The molecule has 0 atom stereocenters. The van der Waals surface area contributed by atoms with Gasteiger partial charge in [-0.2, -0.15) is 0 Å². The highest BCUT2D eigenvalue weighted by molar-refractivity contribution is 5.74. The largest absolute Gasteiger partial charge is 0.479 e. The average Bonchev–Trinajstić information content (AvgIpc) is 2.82. The maximum Gasteiger partial charge on any atom is 0.239 e. The summed E-state index contributed by atoms with van der Waals surface area (Å²) in [6.45, 7) is 0. The van der Waals surface area contributed by atoms with Crippen LogP contribution >= 0.6 is 0 Å². The number of aromatic nitrogens is 1. The predicted molar refractivity (Wildman–Crippen MR) is 71.0 cm³/mol. The zero-order valence-electron chi connectivity index (χ0n) is 10.9. The van der Waals surface area contributed by atoms with Gasteiger partial charge in [0.1, 0.15) is 5.69 Å². The second-order valence-electron chi connectivity index (χ2n) is 4.73. The van der Waals surface area contributed by atoms with Gasteiger partial charge >= 0.3 is 0 Å². The Hall–Kier alpha value is -1.45. The molecule has 2 rings (SSSR count). The van der Waals surface area contributed by atoms with Crippen molar-refractivity contribution in [2.75, 3.05) is 31.4 Å². The van der Waals surface area contributed by atoms with E-state index >= 15 is 0 Å². The van der Waals surface area contributed by atoms with Gasteiger partial charge in [-0.05, 0) is 18.9 Å². The van der Waals surface area contributed by atoms with Gasteiger partial charge in [0.15, 0.2) is 0 Å². The highest BCUT2D eigenvalue weighted by atomic mass is 16.5. The number of methoxy groups -OCH3 is 1. The summed E-state index contributed by atoms with van der Waals surface area (Å²) in [5.41, 5.74) is 2.15. The summed E-state index contributed by atoms with van der Waals surface area (Å²) in [6.07, 6.45) is 6.90. The van der Waals surface area contributed by atoms with Gasteiger partial charge in [-0.25, -0.2) is 4.98 Å². The maximum atomic E-state index is 5.35. The summed E-state index contributed by atoms with van der Waals surface area (Å²) in [4.78, 5) is 6.36. The van der Waals surface area contributed by atoms with Crippen LogP contribution in [0.4, 0.5) is 11.4 Å². The first-order valence-electron chi connectivity index (χ1n) is 6.19.